The zero-order valence-corrected chi connectivity index (χ0v) is 12.7. The van der Waals surface area contributed by atoms with Crippen molar-refractivity contribution in [1.82, 2.24) is 4.98 Å². The van der Waals surface area contributed by atoms with Crippen LogP contribution in [0.4, 0.5) is 0 Å². The lowest BCUT2D eigenvalue weighted by atomic mass is 9.99. The van der Waals surface area contributed by atoms with E-state index in [1.165, 1.54) is 0 Å². The highest BCUT2D eigenvalue weighted by atomic mass is 32.1. The first kappa shape index (κ1) is 15.0. The lowest BCUT2D eigenvalue weighted by Crippen LogP contribution is -2.09. The van der Waals surface area contributed by atoms with E-state index in [0.29, 0.717) is 21.3 Å². The zero-order chi connectivity index (χ0) is 16.7. The summed E-state index contributed by atoms with van der Waals surface area (Å²) < 4.78 is 0. The largest absolute Gasteiger partial charge is 0.477 e. The molecule has 0 bridgehead atoms. The Kier molecular flexibility index (Phi) is 3.49. The maximum atomic E-state index is 12.8. The Morgan fingerprint density at radius 1 is 1.04 bits per heavy atom. The van der Waals surface area contributed by atoms with Crippen molar-refractivity contribution < 1.29 is 24.6 Å². The van der Waals surface area contributed by atoms with Crippen molar-refractivity contribution in [2.75, 3.05) is 0 Å². The SMILES string of the molecule is Cc1c(C(=O)O)sc2[nH]c(C(=O)O)c(C(=O)c3ccccc3)c12. The first-order valence-electron chi connectivity index (χ1n) is 6.63. The molecular formula is C16H11NO5S. The summed E-state index contributed by atoms with van der Waals surface area (Å²) in [5, 5.41) is 18.9. The number of fused-ring (bicyclic) bond motifs is 1. The van der Waals surface area contributed by atoms with E-state index in [1.54, 1.807) is 37.3 Å². The van der Waals surface area contributed by atoms with Crippen molar-refractivity contribution in [1.29, 1.82) is 0 Å². The number of hydrogen-bond donors (Lipinski definition) is 3. The Labute approximate surface area is 134 Å². The standard InChI is InChI=1S/C16H11NO5S/c1-7-9-10(12(18)8-5-3-2-4-6-8)11(15(19)20)17-14(9)23-13(7)16(21)22/h2-6,17H,1H3,(H,19,20)(H,21,22). The van der Waals surface area contributed by atoms with Gasteiger partial charge in [0.25, 0.3) is 0 Å². The van der Waals surface area contributed by atoms with Crippen LogP contribution in [0.2, 0.25) is 0 Å². The second-order valence-corrected chi connectivity index (χ2v) is 5.96. The van der Waals surface area contributed by atoms with Crippen LogP contribution >= 0.6 is 11.3 Å². The summed E-state index contributed by atoms with van der Waals surface area (Å²) in [6.45, 7) is 1.57. The molecule has 2 aromatic heterocycles. The van der Waals surface area contributed by atoms with Gasteiger partial charge < -0.3 is 15.2 Å². The third-order valence-corrected chi connectivity index (χ3v) is 4.75. The minimum atomic E-state index is -1.26. The molecule has 0 aliphatic rings. The van der Waals surface area contributed by atoms with E-state index in [-0.39, 0.29) is 16.1 Å². The van der Waals surface area contributed by atoms with Crippen LogP contribution in [0.5, 0.6) is 0 Å². The van der Waals surface area contributed by atoms with Crippen molar-refractivity contribution in [2.45, 2.75) is 6.92 Å². The minimum absolute atomic E-state index is 0.0000463. The van der Waals surface area contributed by atoms with Crippen LogP contribution in [0.3, 0.4) is 0 Å². The van der Waals surface area contributed by atoms with Gasteiger partial charge in [-0.1, -0.05) is 30.3 Å². The molecular weight excluding hydrogens is 318 g/mol. The molecule has 0 fully saturated rings. The summed E-state index contributed by atoms with van der Waals surface area (Å²) >= 11 is 0.926. The lowest BCUT2D eigenvalue weighted by Gasteiger charge is -2.02. The fraction of sp³-hybridized carbons (Fsp3) is 0.0625. The molecule has 0 amide bonds. The number of carboxylic acids is 2. The highest BCUT2D eigenvalue weighted by Crippen LogP contribution is 2.36. The third kappa shape index (κ3) is 2.31. The molecule has 0 saturated carbocycles. The molecule has 1 aromatic carbocycles. The Morgan fingerprint density at radius 2 is 1.70 bits per heavy atom. The van der Waals surface area contributed by atoms with E-state index in [1.807, 2.05) is 0 Å². The van der Waals surface area contributed by atoms with Gasteiger partial charge in [-0.2, -0.15) is 0 Å². The molecule has 116 valence electrons. The number of rotatable bonds is 4. The third-order valence-electron chi connectivity index (χ3n) is 3.56. The number of ketones is 1. The van der Waals surface area contributed by atoms with E-state index < -0.39 is 17.7 Å². The molecule has 3 aromatic rings. The fourth-order valence-electron chi connectivity index (χ4n) is 2.53. The number of aromatic nitrogens is 1. The zero-order valence-electron chi connectivity index (χ0n) is 11.9. The highest BCUT2D eigenvalue weighted by Gasteiger charge is 2.28. The number of aryl methyl sites for hydroxylation is 1. The Hall–Kier alpha value is -2.93. The van der Waals surface area contributed by atoms with E-state index >= 15 is 0 Å². The molecule has 0 radical (unpaired) electrons. The number of hydrogen-bond acceptors (Lipinski definition) is 4. The van der Waals surface area contributed by atoms with Gasteiger partial charge in [0.1, 0.15) is 15.4 Å². The van der Waals surface area contributed by atoms with Gasteiger partial charge in [0.2, 0.25) is 0 Å². The van der Waals surface area contributed by atoms with Crippen molar-refractivity contribution in [3.63, 3.8) is 0 Å². The van der Waals surface area contributed by atoms with Crippen LogP contribution in [0.25, 0.3) is 10.2 Å². The Bertz CT molecular complexity index is 952. The summed E-state index contributed by atoms with van der Waals surface area (Å²) in [4.78, 5) is 38.6. The number of aromatic amines is 1. The van der Waals surface area contributed by atoms with E-state index in [4.69, 9.17) is 0 Å². The van der Waals surface area contributed by atoms with Crippen LogP contribution in [0.15, 0.2) is 30.3 Å². The number of H-pyrrole nitrogens is 1. The molecule has 0 spiro atoms. The number of carboxylic acid groups (broad SMARTS) is 2. The smallest absolute Gasteiger partial charge is 0.353 e. The summed E-state index contributed by atoms with van der Waals surface area (Å²) in [5.74, 6) is -2.82. The van der Waals surface area contributed by atoms with Gasteiger partial charge in [0, 0.05) is 10.9 Å². The topological polar surface area (TPSA) is 107 Å². The van der Waals surface area contributed by atoms with Crippen molar-refractivity contribution in [2.24, 2.45) is 0 Å². The second-order valence-electron chi connectivity index (χ2n) is 4.94. The van der Waals surface area contributed by atoms with Crippen LogP contribution in [0.1, 0.15) is 41.6 Å². The maximum Gasteiger partial charge on any atom is 0.353 e. The van der Waals surface area contributed by atoms with Gasteiger partial charge in [-0.3, -0.25) is 4.79 Å². The number of aromatic carboxylic acids is 2. The fourth-order valence-corrected chi connectivity index (χ4v) is 3.59. The molecule has 3 rings (SSSR count). The highest BCUT2D eigenvalue weighted by molar-refractivity contribution is 7.20. The van der Waals surface area contributed by atoms with E-state index in [0.717, 1.165) is 11.3 Å². The summed E-state index contributed by atoms with van der Waals surface area (Å²) in [7, 11) is 0. The molecule has 0 saturated heterocycles. The molecule has 0 aliphatic heterocycles. The van der Waals surface area contributed by atoms with Crippen molar-refractivity contribution >= 4 is 39.3 Å². The van der Waals surface area contributed by atoms with Gasteiger partial charge >= 0.3 is 11.9 Å². The quantitative estimate of drug-likeness (QED) is 0.637. The molecule has 7 heteroatoms. The molecule has 23 heavy (non-hydrogen) atoms. The van der Waals surface area contributed by atoms with Gasteiger partial charge in [-0.05, 0) is 12.5 Å². The number of nitrogens with one attached hydrogen (secondary N) is 1. The second kappa shape index (κ2) is 5.36. The van der Waals surface area contributed by atoms with Gasteiger partial charge in [-0.25, -0.2) is 9.59 Å². The summed E-state index contributed by atoms with van der Waals surface area (Å²) in [5.41, 5.74) is 0.513. The molecule has 0 unspecified atom stereocenters. The van der Waals surface area contributed by atoms with Crippen LogP contribution < -0.4 is 0 Å². The number of carbonyl (C=O) groups excluding carboxylic acids is 1. The first-order valence-corrected chi connectivity index (χ1v) is 7.45. The molecule has 3 N–H and O–H groups in total. The number of thiophene rings is 1. The first-order chi connectivity index (χ1) is 10.9. The van der Waals surface area contributed by atoms with Crippen molar-refractivity contribution in [3.05, 3.63) is 57.6 Å². The van der Waals surface area contributed by atoms with E-state index in [2.05, 4.69) is 4.98 Å². The molecule has 0 aliphatic carbocycles. The monoisotopic (exact) mass is 329 g/mol. The predicted molar refractivity (Wildman–Crippen MR) is 84.7 cm³/mol. The predicted octanol–water partition coefficient (Wildman–Crippen LogP) is 3.17. The average Bonchev–Trinajstić information content (AvgIpc) is 3.05. The molecule has 6 nitrogen and oxygen atoms in total. The molecule has 0 atom stereocenters. The number of carbonyl (C=O) groups is 3. The average molecular weight is 329 g/mol. The van der Waals surface area contributed by atoms with Gasteiger partial charge in [0.05, 0.1) is 5.56 Å². The minimum Gasteiger partial charge on any atom is -0.477 e. The summed E-state index contributed by atoms with van der Waals surface area (Å²) in [6, 6.07) is 8.29. The van der Waals surface area contributed by atoms with Gasteiger partial charge in [-0.15, -0.1) is 11.3 Å². The Morgan fingerprint density at radius 3 is 2.26 bits per heavy atom. The summed E-state index contributed by atoms with van der Waals surface area (Å²) in [6.07, 6.45) is 0. The van der Waals surface area contributed by atoms with Gasteiger partial charge in [0.15, 0.2) is 5.78 Å². The molecule has 2 heterocycles. The lowest BCUT2D eigenvalue weighted by molar-refractivity contribution is 0.0683. The van der Waals surface area contributed by atoms with Crippen LogP contribution in [-0.2, 0) is 0 Å². The maximum absolute atomic E-state index is 12.8. The van der Waals surface area contributed by atoms with E-state index in [9.17, 15) is 24.6 Å². The normalized spacial score (nSPS) is 10.8. The number of benzene rings is 1. The van der Waals surface area contributed by atoms with Crippen LogP contribution in [-0.4, -0.2) is 32.9 Å². The Balaban J connectivity index is 2.32. The van der Waals surface area contributed by atoms with Crippen molar-refractivity contribution in [3.8, 4) is 0 Å². The van der Waals surface area contributed by atoms with Crippen LogP contribution in [0, 0.1) is 6.92 Å².